The average molecular weight is 287 g/mol. The molecular weight excluding hydrogens is 266 g/mol. The summed E-state index contributed by atoms with van der Waals surface area (Å²) in [5, 5.41) is 6.82. The molecule has 0 atom stereocenters. The zero-order valence-corrected chi connectivity index (χ0v) is 12.4. The molecule has 0 radical (unpaired) electrons. The summed E-state index contributed by atoms with van der Waals surface area (Å²) in [5.74, 6) is 0.205. The van der Waals surface area contributed by atoms with Gasteiger partial charge in [-0.05, 0) is 18.6 Å². The monoisotopic (exact) mass is 287 g/mol. The molecule has 0 aliphatic carbocycles. The highest BCUT2D eigenvalue weighted by molar-refractivity contribution is 5.98. The van der Waals surface area contributed by atoms with Crippen molar-refractivity contribution >= 4 is 17.4 Å². The summed E-state index contributed by atoms with van der Waals surface area (Å²) in [7, 11) is 3.75. The molecule has 0 saturated heterocycles. The molecule has 112 valence electrons. The summed E-state index contributed by atoms with van der Waals surface area (Å²) in [4.78, 5) is 14.1. The topological polar surface area (TPSA) is 76.2 Å². The van der Waals surface area contributed by atoms with E-state index in [1.807, 2.05) is 25.2 Å². The third kappa shape index (κ3) is 3.75. The minimum absolute atomic E-state index is 0.178. The summed E-state index contributed by atoms with van der Waals surface area (Å²) in [6.45, 7) is 1.47. The first-order chi connectivity index (χ1) is 10.1. The number of amides is 1. The van der Waals surface area contributed by atoms with Gasteiger partial charge in [0.25, 0.3) is 5.91 Å². The van der Waals surface area contributed by atoms with Crippen LogP contribution >= 0.6 is 0 Å². The van der Waals surface area contributed by atoms with Crippen LogP contribution in [0.4, 0.5) is 11.5 Å². The number of nitrogens with two attached hydrogens (primary N) is 1. The molecule has 0 aliphatic heterocycles. The number of para-hydroxylation sites is 1. The van der Waals surface area contributed by atoms with E-state index in [9.17, 15) is 4.79 Å². The summed E-state index contributed by atoms with van der Waals surface area (Å²) >= 11 is 0. The second-order valence-corrected chi connectivity index (χ2v) is 4.93. The highest BCUT2D eigenvalue weighted by Crippen LogP contribution is 2.11. The number of carbonyl (C=O) groups is 1. The molecule has 0 spiro atoms. The standard InChI is InChI=1S/C15H21N5O/c1-19(12-7-4-3-5-8-12)10-6-9-17-15(21)13-11-18-20(2)14(13)16/h3-5,7-8,11H,6,9-10,16H2,1-2H3,(H,17,21). The lowest BCUT2D eigenvalue weighted by molar-refractivity contribution is 0.0954. The van der Waals surface area contributed by atoms with Crippen molar-refractivity contribution in [1.29, 1.82) is 0 Å². The molecule has 0 unspecified atom stereocenters. The van der Waals surface area contributed by atoms with Gasteiger partial charge in [-0.15, -0.1) is 0 Å². The number of anilines is 2. The number of nitrogen functional groups attached to an aromatic ring is 1. The molecule has 21 heavy (non-hydrogen) atoms. The van der Waals surface area contributed by atoms with Crippen LogP contribution in [-0.4, -0.2) is 35.8 Å². The molecule has 6 heteroatoms. The molecule has 1 aromatic carbocycles. The van der Waals surface area contributed by atoms with E-state index in [0.29, 0.717) is 17.9 Å². The molecule has 0 bridgehead atoms. The Morgan fingerprint density at radius 2 is 2.10 bits per heavy atom. The number of carbonyl (C=O) groups excluding carboxylic acids is 1. The molecule has 0 aliphatic rings. The Bertz CT molecular complexity index is 593. The van der Waals surface area contributed by atoms with Crippen LogP contribution in [0.5, 0.6) is 0 Å². The fourth-order valence-electron chi connectivity index (χ4n) is 2.05. The Kier molecular flexibility index (Phi) is 4.81. The van der Waals surface area contributed by atoms with E-state index < -0.39 is 0 Å². The van der Waals surface area contributed by atoms with E-state index in [1.165, 1.54) is 16.6 Å². The number of hydrogen-bond acceptors (Lipinski definition) is 4. The van der Waals surface area contributed by atoms with Crippen molar-refractivity contribution < 1.29 is 4.79 Å². The highest BCUT2D eigenvalue weighted by atomic mass is 16.1. The van der Waals surface area contributed by atoms with Gasteiger partial charge in [0.15, 0.2) is 0 Å². The highest BCUT2D eigenvalue weighted by Gasteiger charge is 2.12. The average Bonchev–Trinajstić information content (AvgIpc) is 2.84. The Hall–Kier alpha value is -2.50. The van der Waals surface area contributed by atoms with Gasteiger partial charge in [0.2, 0.25) is 0 Å². The van der Waals surface area contributed by atoms with Gasteiger partial charge in [0.05, 0.1) is 6.20 Å². The van der Waals surface area contributed by atoms with Crippen LogP contribution in [0.2, 0.25) is 0 Å². The maximum Gasteiger partial charge on any atom is 0.256 e. The van der Waals surface area contributed by atoms with Crippen molar-refractivity contribution in [3.05, 3.63) is 42.1 Å². The van der Waals surface area contributed by atoms with Crippen LogP contribution in [0.3, 0.4) is 0 Å². The number of rotatable bonds is 6. The van der Waals surface area contributed by atoms with Gasteiger partial charge < -0.3 is 16.0 Å². The van der Waals surface area contributed by atoms with Crippen molar-refractivity contribution in [2.24, 2.45) is 7.05 Å². The Morgan fingerprint density at radius 1 is 1.38 bits per heavy atom. The summed E-state index contributed by atoms with van der Waals surface area (Å²) in [6, 6.07) is 10.2. The fourth-order valence-corrected chi connectivity index (χ4v) is 2.05. The van der Waals surface area contributed by atoms with E-state index in [4.69, 9.17) is 5.73 Å². The van der Waals surface area contributed by atoms with Crippen LogP contribution < -0.4 is 16.0 Å². The Balaban J connectivity index is 1.75. The maximum atomic E-state index is 11.9. The van der Waals surface area contributed by atoms with Crippen molar-refractivity contribution in [2.75, 3.05) is 30.8 Å². The van der Waals surface area contributed by atoms with E-state index in [2.05, 4.69) is 27.4 Å². The Labute approximate surface area is 124 Å². The molecule has 2 rings (SSSR count). The van der Waals surface area contributed by atoms with Crippen LogP contribution in [-0.2, 0) is 7.05 Å². The first-order valence-corrected chi connectivity index (χ1v) is 6.91. The van der Waals surface area contributed by atoms with Gasteiger partial charge >= 0.3 is 0 Å². The predicted octanol–water partition coefficient (Wildman–Crippen LogP) is 1.26. The molecule has 6 nitrogen and oxygen atoms in total. The zero-order valence-electron chi connectivity index (χ0n) is 12.4. The predicted molar refractivity (Wildman–Crippen MR) is 84.3 cm³/mol. The SMILES string of the molecule is CN(CCCNC(=O)c1cnn(C)c1N)c1ccccc1. The normalized spacial score (nSPS) is 10.4. The summed E-state index contributed by atoms with van der Waals surface area (Å²) in [6.07, 6.45) is 2.35. The molecule has 0 fully saturated rings. The van der Waals surface area contributed by atoms with E-state index in [0.717, 1.165) is 13.0 Å². The van der Waals surface area contributed by atoms with Crippen molar-refractivity contribution in [3.8, 4) is 0 Å². The number of aromatic nitrogens is 2. The minimum atomic E-state index is -0.178. The molecule has 3 N–H and O–H groups in total. The largest absolute Gasteiger partial charge is 0.383 e. The molecule has 1 aromatic heterocycles. The van der Waals surface area contributed by atoms with Crippen LogP contribution in [0.15, 0.2) is 36.5 Å². The van der Waals surface area contributed by atoms with Crippen LogP contribution in [0.1, 0.15) is 16.8 Å². The van der Waals surface area contributed by atoms with Crippen LogP contribution in [0.25, 0.3) is 0 Å². The van der Waals surface area contributed by atoms with Gasteiger partial charge in [-0.3, -0.25) is 9.48 Å². The summed E-state index contributed by atoms with van der Waals surface area (Å²) < 4.78 is 1.48. The van der Waals surface area contributed by atoms with Crippen molar-refractivity contribution in [2.45, 2.75) is 6.42 Å². The van der Waals surface area contributed by atoms with E-state index >= 15 is 0 Å². The van der Waals surface area contributed by atoms with Gasteiger partial charge in [0, 0.05) is 32.9 Å². The third-order valence-corrected chi connectivity index (χ3v) is 3.38. The molecular formula is C15H21N5O. The lowest BCUT2D eigenvalue weighted by Crippen LogP contribution is -2.28. The zero-order chi connectivity index (χ0) is 15.2. The first kappa shape index (κ1) is 14.9. The number of aryl methyl sites for hydroxylation is 1. The van der Waals surface area contributed by atoms with Crippen molar-refractivity contribution in [1.82, 2.24) is 15.1 Å². The third-order valence-electron chi connectivity index (χ3n) is 3.38. The number of nitrogens with zero attached hydrogens (tertiary/aromatic N) is 3. The van der Waals surface area contributed by atoms with Gasteiger partial charge in [-0.1, -0.05) is 18.2 Å². The smallest absolute Gasteiger partial charge is 0.256 e. The van der Waals surface area contributed by atoms with E-state index in [-0.39, 0.29) is 5.91 Å². The Morgan fingerprint density at radius 3 is 2.71 bits per heavy atom. The molecule has 1 heterocycles. The van der Waals surface area contributed by atoms with Crippen molar-refractivity contribution in [3.63, 3.8) is 0 Å². The second-order valence-electron chi connectivity index (χ2n) is 4.93. The number of benzene rings is 1. The van der Waals surface area contributed by atoms with E-state index in [1.54, 1.807) is 7.05 Å². The summed E-state index contributed by atoms with van der Waals surface area (Å²) in [5.41, 5.74) is 7.36. The fraction of sp³-hybridized carbons (Fsp3) is 0.333. The van der Waals surface area contributed by atoms with Gasteiger partial charge in [-0.25, -0.2) is 0 Å². The van der Waals surface area contributed by atoms with Gasteiger partial charge in [-0.2, -0.15) is 5.10 Å². The maximum absolute atomic E-state index is 11.9. The number of hydrogen-bond donors (Lipinski definition) is 2. The second kappa shape index (κ2) is 6.78. The molecule has 2 aromatic rings. The lowest BCUT2D eigenvalue weighted by Gasteiger charge is -2.19. The number of nitrogens with one attached hydrogen (secondary N) is 1. The molecule has 0 saturated carbocycles. The minimum Gasteiger partial charge on any atom is -0.383 e. The quantitative estimate of drug-likeness (QED) is 0.784. The van der Waals surface area contributed by atoms with Gasteiger partial charge in [0.1, 0.15) is 11.4 Å². The van der Waals surface area contributed by atoms with Crippen LogP contribution in [0, 0.1) is 0 Å². The lowest BCUT2D eigenvalue weighted by atomic mass is 10.2. The first-order valence-electron chi connectivity index (χ1n) is 6.91. The molecule has 1 amide bonds.